The summed E-state index contributed by atoms with van der Waals surface area (Å²) in [7, 11) is -2.20. The molecule has 0 amide bonds. The molecule has 0 heterocycles. The van der Waals surface area contributed by atoms with Crippen molar-refractivity contribution in [3.63, 3.8) is 0 Å². The topological polar surface area (TPSA) is 86.5 Å². The molecular formula is C9H19NO4S. The van der Waals surface area contributed by atoms with Crippen molar-refractivity contribution in [2.75, 3.05) is 25.2 Å². The van der Waals surface area contributed by atoms with E-state index in [0.717, 1.165) is 0 Å². The molecule has 0 aliphatic heterocycles. The summed E-state index contributed by atoms with van der Waals surface area (Å²) in [6.07, 6.45) is 0.447. The standard InChI is InChI=1S/C9H19NO4S/c1-9(2,7-10)4-5-15(12,13)6-8(11)14-3/h4-7,10H2,1-3H3. The molecule has 5 nitrogen and oxygen atoms in total. The van der Waals surface area contributed by atoms with Gasteiger partial charge in [0.05, 0.1) is 12.9 Å². The summed E-state index contributed by atoms with van der Waals surface area (Å²) in [5.41, 5.74) is 5.26. The predicted molar refractivity (Wildman–Crippen MR) is 58.1 cm³/mol. The molecule has 0 saturated carbocycles. The SMILES string of the molecule is COC(=O)CS(=O)(=O)CCC(C)(C)CN. The van der Waals surface area contributed by atoms with Crippen LogP contribution in [0.3, 0.4) is 0 Å². The molecule has 6 heteroatoms. The summed E-state index contributed by atoms with van der Waals surface area (Å²) in [6.45, 7) is 4.20. The molecule has 0 aliphatic carbocycles. The van der Waals surface area contributed by atoms with Gasteiger partial charge in [-0.25, -0.2) is 8.42 Å². The van der Waals surface area contributed by atoms with Crippen molar-refractivity contribution in [1.29, 1.82) is 0 Å². The number of esters is 1. The highest BCUT2D eigenvalue weighted by Crippen LogP contribution is 2.19. The number of hydrogen-bond donors (Lipinski definition) is 1. The number of methoxy groups -OCH3 is 1. The normalized spacial score (nSPS) is 12.5. The molecule has 0 aromatic rings. The molecule has 2 N–H and O–H groups in total. The minimum atomic E-state index is -3.37. The Balaban J connectivity index is 4.23. The van der Waals surface area contributed by atoms with Gasteiger partial charge in [-0.3, -0.25) is 4.79 Å². The van der Waals surface area contributed by atoms with Crippen molar-refractivity contribution in [3.8, 4) is 0 Å². The zero-order chi connectivity index (χ0) is 12.1. The molecular weight excluding hydrogens is 218 g/mol. The molecule has 15 heavy (non-hydrogen) atoms. The quantitative estimate of drug-likeness (QED) is 0.654. The number of carbonyl (C=O) groups is 1. The van der Waals surface area contributed by atoms with Crippen molar-refractivity contribution >= 4 is 15.8 Å². The van der Waals surface area contributed by atoms with E-state index in [4.69, 9.17) is 5.73 Å². The van der Waals surface area contributed by atoms with Gasteiger partial charge in [-0.2, -0.15) is 0 Å². The second-order valence-electron chi connectivity index (χ2n) is 4.29. The highest BCUT2D eigenvalue weighted by Gasteiger charge is 2.22. The zero-order valence-electron chi connectivity index (χ0n) is 9.45. The molecule has 0 fully saturated rings. The van der Waals surface area contributed by atoms with Gasteiger partial charge in [-0.1, -0.05) is 13.8 Å². The van der Waals surface area contributed by atoms with Crippen LogP contribution in [0.25, 0.3) is 0 Å². The van der Waals surface area contributed by atoms with E-state index >= 15 is 0 Å². The van der Waals surface area contributed by atoms with Gasteiger partial charge < -0.3 is 10.5 Å². The number of hydrogen-bond acceptors (Lipinski definition) is 5. The lowest BCUT2D eigenvalue weighted by Gasteiger charge is -2.21. The van der Waals surface area contributed by atoms with Gasteiger partial charge in [-0.15, -0.1) is 0 Å². The van der Waals surface area contributed by atoms with Crippen molar-refractivity contribution in [2.45, 2.75) is 20.3 Å². The molecule has 0 aromatic heterocycles. The molecule has 90 valence electrons. The third kappa shape index (κ3) is 6.46. The Kier molecular flexibility index (Phi) is 5.23. The lowest BCUT2D eigenvalue weighted by Crippen LogP contribution is -2.28. The molecule has 0 spiro atoms. The third-order valence-electron chi connectivity index (χ3n) is 2.21. The Hall–Kier alpha value is -0.620. The smallest absolute Gasteiger partial charge is 0.320 e. The van der Waals surface area contributed by atoms with Crippen molar-refractivity contribution in [2.24, 2.45) is 11.1 Å². The van der Waals surface area contributed by atoms with Gasteiger partial charge in [0.25, 0.3) is 0 Å². The first-order chi connectivity index (χ1) is 6.72. The maximum atomic E-state index is 11.4. The summed E-state index contributed by atoms with van der Waals surface area (Å²) < 4.78 is 27.1. The summed E-state index contributed by atoms with van der Waals surface area (Å²) >= 11 is 0. The van der Waals surface area contributed by atoms with Crippen molar-refractivity contribution in [1.82, 2.24) is 0 Å². The highest BCUT2D eigenvalue weighted by molar-refractivity contribution is 7.92. The van der Waals surface area contributed by atoms with Crippen LogP contribution >= 0.6 is 0 Å². The van der Waals surface area contributed by atoms with Crippen LogP contribution in [0.15, 0.2) is 0 Å². The Morgan fingerprint density at radius 2 is 1.93 bits per heavy atom. The molecule has 0 atom stereocenters. The van der Waals surface area contributed by atoms with E-state index in [1.54, 1.807) is 0 Å². The van der Waals surface area contributed by atoms with Gasteiger partial charge in [0.2, 0.25) is 0 Å². The predicted octanol–water partition coefficient (Wildman–Crippen LogP) is -0.0508. The summed E-state index contributed by atoms with van der Waals surface area (Å²) in [5, 5.41) is 0. The molecule has 0 rings (SSSR count). The number of rotatable bonds is 6. The minimum absolute atomic E-state index is 0.0354. The first kappa shape index (κ1) is 14.4. The molecule has 0 unspecified atom stereocenters. The van der Waals surface area contributed by atoms with Crippen LogP contribution in [0, 0.1) is 5.41 Å². The van der Waals surface area contributed by atoms with Crippen molar-refractivity contribution in [3.05, 3.63) is 0 Å². The van der Waals surface area contributed by atoms with Gasteiger partial charge in [0.15, 0.2) is 9.84 Å². The second-order valence-corrected chi connectivity index (χ2v) is 6.47. The Labute approximate surface area is 90.9 Å². The lowest BCUT2D eigenvalue weighted by atomic mass is 9.91. The molecule has 0 saturated heterocycles. The first-order valence-electron chi connectivity index (χ1n) is 4.70. The first-order valence-corrected chi connectivity index (χ1v) is 6.52. The number of sulfone groups is 1. The molecule has 0 aliphatic rings. The van der Waals surface area contributed by atoms with Gasteiger partial charge in [-0.05, 0) is 18.4 Å². The lowest BCUT2D eigenvalue weighted by molar-refractivity contribution is -0.137. The third-order valence-corrected chi connectivity index (χ3v) is 3.71. The molecule has 0 radical (unpaired) electrons. The Bertz CT molecular complexity index is 308. The molecule has 0 aromatic carbocycles. The fraction of sp³-hybridized carbons (Fsp3) is 0.889. The Morgan fingerprint density at radius 1 is 1.40 bits per heavy atom. The number of nitrogens with two attached hydrogens (primary N) is 1. The maximum absolute atomic E-state index is 11.4. The summed E-state index contributed by atoms with van der Waals surface area (Å²) in [6, 6.07) is 0. The van der Waals surface area contributed by atoms with E-state index in [-0.39, 0.29) is 11.2 Å². The summed E-state index contributed by atoms with van der Waals surface area (Å²) in [4.78, 5) is 10.8. The zero-order valence-corrected chi connectivity index (χ0v) is 10.3. The van der Waals surface area contributed by atoms with Gasteiger partial charge >= 0.3 is 5.97 Å². The second kappa shape index (κ2) is 5.46. The van der Waals surface area contributed by atoms with E-state index < -0.39 is 21.6 Å². The number of carbonyl (C=O) groups excluding carboxylic acids is 1. The van der Waals surface area contributed by atoms with Gasteiger partial charge in [0.1, 0.15) is 5.75 Å². The van der Waals surface area contributed by atoms with Crippen LogP contribution < -0.4 is 5.73 Å². The maximum Gasteiger partial charge on any atom is 0.320 e. The van der Waals surface area contributed by atoms with E-state index in [1.165, 1.54) is 7.11 Å². The average Bonchev–Trinajstić information content (AvgIpc) is 2.14. The largest absolute Gasteiger partial charge is 0.468 e. The van der Waals surface area contributed by atoms with Crippen LogP contribution in [0.4, 0.5) is 0 Å². The van der Waals surface area contributed by atoms with Crippen LogP contribution in [0.5, 0.6) is 0 Å². The minimum Gasteiger partial charge on any atom is -0.468 e. The van der Waals surface area contributed by atoms with Crippen LogP contribution in [-0.4, -0.2) is 39.5 Å². The van der Waals surface area contributed by atoms with Gasteiger partial charge in [0, 0.05) is 0 Å². The van der Waals surface area contributed by atoms with Crippen LogP contribution in [-0.2, 0) is 19.4 Å². The highest BCUT2D eigenvalue weighted by atomic mass is 32.2. The van der Waals surface area contributed by atoms with Crippen LogP contribution in [0.1, 0.15) is 20.3 Å². The fourth-order valence-corrected chi connectivity index (χ4v) is 2.33. The van der Waals surface area contributed by atoms with Crippen LogP contribution in [0.2, 0.25) is 0 Å². The van der Waals surface area contributed by atoms with E-state index in [0.29, 0.717) is 13.0 Å². The van der Waals surface area contributed by atoms with E-state index in [1.807, 2.05) is 13.8 Å². The molecule has 0 bridgehead atoms. The Morgan fingerprint density at radius 3 is 2.33 bits per heavy atom. The van der Waals surface area contributed by atoms with E-state index in [9.17, 15) is 13.2 Å². The average molecular weight is 237 g/mol. The monoisotopic (exact) mass is 237 g/mol. The van der Waals surface area contributed by atoms with Crippen molar-refractivity contribution < 1.29 is 17.9 Å². The fourth-order valence-electron chi connectivity index (χ4n) is 0.845. The number of ether oxygens (including phenoxy) is 1. The van der Waals surface area contributed by atoms with E-state index in [2.05, 4.69) is 4.74 Å². The summed E-state index contributed by atoms with van der Waals surface area (Å²) in [5.74, 6) is -1.31.